The van der Waals surface area contributed by atoms with Gasteiger partial charge < -0.3 is 5.32 Å². The molecule has 1 saturated heterocycles. The number of nitro groups is 1. The standard InChI is InChI=1S/C9H7N3O4/c13-8-7(10-9(14)11-8)5-3-1-2-4-6(5)12(15)16/h1-4,7H,(H2,10,11,13,14). The number of nitro benzene ring substituents is 1. The summed E-state index contributed by atoms with van der Waals surface area (Å²) in [6, 6.07) is 4.15. The third kappa shape index (κ3) is 1.58. The van der Waals surface area contributed by atoms with Crippen molar-refractivity contribution in [1.29, 1.82) is 0 Å². The van der Waals surface area contributed by atoms with Gasteiger partial charge in [-0.2, -0.15) is 0 Å². The number of amides is 3. The first-order valence-corrected chi connectivity index (χ1v) is 4.44. The molecule has 2 rings (SSSR count). The van der Waals surface area contributed by atoms with Crippen molar-refractivity contribution >= 4 is 17.6 Å². The number of hydrogen-bond acceptors (Lipinski definition) is 4. The lowest BCUT2D eigenvalue weighted by atomic mass is 10.1. The number of nitrogens with zero attached hydrogens (tertiary/aromatic N) is 1. The zero-order chi connectivity index (χ0) is 11.7. The summed E-state index contributed by atoms with van der Waals surface area (Å²) in [5, 5.41) is 15.1. The summed E-state index contributed by atoms with van der Waals surface area (Å²) in [6.07, 6.45) is 0. The lowest BCUT2D eigenvalue weighted by Gasteiger charge is -2.07. The number of para-hydroxylation sites is 1. The number of carbonyl (C=O) groups is 2. The van der Waals surface area contributed by atoms with Crippen molar-refractivity contribution in [3.63, 3.8) is 0 Å². The molecule has 2 N–H and O–H groups in total. The van der Waals surface area contributed by atoms with Crippen LogP contribution in [0.4, 0.5) is 10.5 Å². The fraction of sp³-hybridized carbons (Fsp3) is 0.111. The molecule has 1 fully saturated rings. The molecule has 7 nitrogen and oxygen atoms in total. The topological polar surface area (TPSA) is 101 Å². The van der Waals surface area contributed by atoms with Crippen LogP contribution in [0.3, 0.4) is 0 Å². The molecule has 1 heterocycles. The number of benzene rings is 1. The van der Waals surface area contributed by atoms with Gasteiger partial charge in [-0.3, -0.25) is 20.2 Å². The number of rotatable bonds is 2. The maximum atomic E-state index is 11.3. The molecule has 1 atom stereocenters. The first-order valence-electron chi connectivity index (χ1n) is 4.44. The van der Waals surface area contributed by atoms with Crippen molar-refractivity contribution in [3.8, 4) is 0 Å². The molecule has 0 radical (unpaired) electrons. The van der Waals surface area contributed by atoms with E-state index in [1.165, 1.54) is 18.2 Å². The molecule has 0 saturated carbocycles. The Kier molecular flexibility index (Phi) is 2.28. The maximum absolute atomic E-state index is 11.3. The fourth-order valence-corrected chi connectivity index (χ4v) is 1.53. The second-order valence-electron chi connectivity index (χ2n) is 3.21. The fourth-order valence-electron chi connectivity index (χ4n) is 1.53. The van der Waals surface area contributed by atoms with Crippen molar-refractivity contribution in [2.24, 2.45) is 0 Å². The third-order valence-corrected chi connectivity index (χ3v) is 2.22. The lowest BCUT2D eigenvalue weighted by molar-refractivity contribution is -0.385. The van der Waals surface area contributed by atoms with Gasteiger partial charge in [0.15, 0.2) is 0 Å². The summed E-state index contributed by atoms with van der Waals surface area (Å²) in [5.74, 6) is -0.584. The molecular weight excluding hydrogens is 214 g/mol. The molecule has 1 aromatic rings. The van der Waals surface area contributed by atoms with Crippen LogP contribution in [-0.2, 0) is 4.79 Å². The van der Waals surface area contributed by atoms with Crippen molar-refractivity contribution in [3.05, 3.63) is 39.9 Å². The van der Waals surface area contributed by atoms with Crippen LogP contribution in [-0.4, -0.2) is 16.9 Å². The Morgan fingerprint density at radius 2 is 1.94 bits per heavy atom. The molecule has 16 heavy (non-hydrogen) atoms. The predicted molar refractivity (Wildman–Crippen MR) is 52.5 cm³/mol. The van der Waals surface area contributed by atoms with Gasteiger partial charge in [-0.1, -0.05) is 12.1 Å². The van der Waals surface area contributed by atoms with Crippen LogP contribution in [0.15, 0.2) is 24.3 Å². The van der Waals surface area contributed by atoms with Crippen molar-refractivity contribution < 1.29 is 14.5 Å². The van der Waals surface area contributed by atoms with Gasteiger partial charge in [0, 0.05) is 6.07 Å². The molecule has 0 aliphatic carbocycles. The van der Waals surface area contributed by atoms with Gasteiger partial charge >= 0.3 is 6.03 Å². The average Bonchev–Trinajstić information content (AvgIpc) is 2.57. The van der Waals surface area contributed by atoms with E-state index in [-0.39, 0.29) is 11.3 Å². The van der Waals surface area contributed by atoms with Crippen LogP contribution in [0, 0.1) is 10.1 Å². The minimum atomic E-state index is -0.992. The summed E-state index contributed by atoms with van der Waals surface area (Å²) >= 11 is 0. The lowest BCUT2D eigenvalue weighted by Crippen LogP contribution is -2.22. The molecule has 1 aliphatic heterocycles. The minimum absolute atomic E-state index is 0.177. The van der Waals surface area contributed by atoms with E-state index >= 15 is 0 Å². The van der Waals surface area contributed by atoms with E-state index in [2.05, 4.69) is 5.32 Å². The van der Waals surface area contributed by atoms with E-state index in [1.54, 1.807) is 6.07 Å². The van der Waals surface area contributed by atoms with Gasteiger partial charge in [0.1, 0.15) is 6.04 Å². The first kappa shape index (κ1) is 10.1. The Hall–Kier alpha value is -2.44. The highest BCUT2D eigenvalue weighted by molar-refractivity contribution is 6.04. The Balaban J connectivity index is 2.44. The summed E-state index contributed by atoms with van der Waals surface area (Å²) in [7, 11) is 0. The molecule has 0 bridgehead atoms. The molecule has 1 aromatic carbocycles. The number of urea groups is 1. The van der Waals surface area contributed by atoms with Crippen molar-refractivity contribution in [2.75, 3.05) is 0 Å². The summed E-state index contributed by atoms with van der Waals surface area (Å²) in [5.41, 5.74) is -0.0132. The third-order valence-electron chi connectivity index (χ3n) is 2.22. The minimum Gasteiger partial charge on any atom is -0.322 e. The quantitative estimate of drug-likeness (QED) is 0.430. The number of hydrogen-bond donors (Lipinski definition) is 2. The van der Waals surface area contributed by atoms with Gasteiger partial charge in [-0.25, -0.2) is 4.79 Å². The summed E-state index contributed by atoms with van der Waals surface area (Å²) in [6.45, 7) is 0. The molecule has 0 spiro atoms. The van der Waals surface area contributed by atoms with Crippen LogP contribution >= 0.6 is 0 Å². The van der Waals surface area contributed by atoms with Gasteiger partial charge in [0.25, 0.3) is 11.6 Å². The van der Waals surface area contributed by atoms with Gasteiger partial charge in [0.05, 0.1) is 10.5 Å². The Morgan fingerprint density at radius 3 is 2.50 bits per heavy atom. The normalized spacial score (nSPS) is 19.1. The molecule has 1 aliphatic rings. The molecule has 7 heteroatoms. The molecule has 3 amide bonds. The van der Waals surface area contributed by atoms with E-state index in [9.17, 15) is 19.7 Å². The monoisotopic (exact) mass is 221 g/mol. The summed E-state index contributed by atoms with van der Waals surface area (Å²) in [4.78, 5) is 32.4. The number of carbonyl (C=O) groups excluding carboxylic acids is 2. The van der Waals surface area contributed by atoms with Gasteiger partial charge in [-0.15, -0.1) is 0 Å². The Bertz CT molecular complexity index is 485. The Morgan fingerprint density at radius 1 is 1.25 bits per heavy atom. The van der Waals surface area contributed by atoms with Crippen LogP contribution in [0.1, 0.15) is 11.6 Å². The van der Waals surface area contributed by atoms with E-state index < -0.39 is 22.9 Å². The van der Waals surface area contributed by atoms with Gasteiger partial charge in [0.2, 0.25) is 0 Å². The highest BCUT2D eigenvalue weighted by Crippen LogP contribution is 2.26. The highest BCUT2D eigenvalue weighted by Gasteiger charge is 2.34. The Labute approximate surface area is 89.6 Å². The van der Waals surface area contributed by atoms with Crippen LogP contribution in [0.25, 0.3) is 0 Å². The first-order chi connectivity index (χ1) is 7.59. The van der Waals surface area contributed by atoms with E-state index in [0.717, 1.165) is 0 Å². The van der Waals surface area contributed by atoms with E-state index in [0.29, 0.717) is 0 Å². The molecule has 0 aromatic heterocycles. The molecular formula is C9H7N3O4. The second kappa shape index (κ2) is 3.61. The average molecular weight is 221 g/mol. The SMILES string of the molecule is O=C1NC(=O)C(c2ccccc2[N+](=O)[O-])N1. The van der Waals surface area contributed by atoms with E-state index in [1.807, 2.05) is 5.32 Å². The number of imide groups is 1. The zero-order valence-corrected chi connectivity index (χ0v) is 7.97. The molecule has 82 valence electrons. The van der Waals surface area contributed by atoms with Crippen LogP contribution in [0.2, 0.25) is 0 Å². The maximum Gasteiger partial charge on any atom is 0.322 e. The number of nitrogens with one attached hydrogen (secondary N) is 2. The predicted octanol–water partition coefficient (Wildman–Crippen LogP) is 0.475. The summed E-state index contributed by atoms with van der Waals surface area (Å²) < 4.78 is 0. The van der Waals surface area contributed by atoms with Crippen molar-refractivity contribution in [2.45, 2.75) is 6.04 Å². The molecule has 1 unspecified atom stereocenters. The van der Waals surface area contributed by atoms with Gasteiger partial charge in [-0.05, 0) is 6.07 Å². The van der Waals surface area contributed by atoms with E-state index in [4.69, 9.17) is 0 Å². The second-order valence-corrected chi connectivity index (χ2v) is 3.21. The smallest absolute Gasteiger partial charge is 0.322 e. The van der Waals surface area contributed by atoms with Crippen molar-refractivity contribution in [1.82, 2.24) is 10.6 Å². The zero-order valence-electron chi connectivity index (χ0n) is 7.97. The van der Waals surface area contributed by atoms with Crippen LogP contribution < -0.4 is 10.6 Å². The van der Waals surface area contributed by atoms with Crippen LogP contribution in [0.5, 0.6) is 0 Å². The largest absolute Gasteiger partial charge is 0.322 e. The highest BCUT2D eigenvalue weighted by atomic mass is 16.6.